The molecule has 4 heteroatoms. The second-order valence-corrected chi connectivity index (χ2v) is 3.87. The van der Waals surface area contributed by atoms with Gasteiger partial charge in [-0.1, -0.05) is 0 Å². The number of aromatic nitrogens is 2. The average Bonchev–Trinajstić information content (AvgIpc) is 2.61. The van der Waals surface area contributed by atoms with Crippen molar-refractivity contribution in [3.05, 3.63) is 17.7 Å². The second-order valence-electron chi connectivity index (χ2n) is 3.87. The van der Waals surface area contributed by atoms with Crippen LogP contribution in [0.2, 0.25) is 0 Å². The number of nitrogens with one attached hydrogen (secondary N) is 1. The van der Waals surface area contributed by atoms with E-state index in [0.29, 0.717) is 5.92 Å². The van der Waals surface area contributed by atoms with Crippen molar-refractivity contribution in [2.75, 3.05) is 0 Å². The van der Waals surface area contributed by atoms with Gasteiger partial charge in [-0.25, -0.2) is 4.98 Å². The summed E-state index contributed by atoms with van der Waals surface area (Å²) in [6.45, 7) is 0. The SMILES string of the molecule is O=C(O)CCC1CCc2nc[nH]c2C1. The molecule has 1 aliphatic carbocycles. The van der Waals surface area contributed by atoms with Gasteiger partial charge in [0.1, 0.15) is 0 Å². The van der Waals surface area contributed by atoms with Crippen LogP contribution < -0.4 is 0 Å². The van der Waals surface area contributed by atoms with Crippen molar-refractivity contribution in [1.29, 1.82) is 0 Å². The van der Waals surface area contributed by atoms with Crippen LogP contribution in [0.1, 0.15) is 30.7 Å². The predicted molar refractivity (Wildman–Crippen MR) is 51.0 cm³/mol. The Kier molecular flexibility index (Phi) is 2.52. The number of hydrogen-bond donors (Lipinski definition) is 2. The fourth-order valence-corrected chi connectivity index (χ4v) is 2.05. The van der Waals surface area contributed by atoms with Crippen LogP contribution >= 0.6 is 0 Å². The Bertz CT molecular complexity index is 333. The van der Waals surface area contributed by atoms with Crippen molar-refractivity contribution in [2.45, 2.75) is 32.1 Å². The summed E-state index contributed by atoms with van der Waals surface area (Å²) in [7, 11) is 0. The quantitative estimate of drug-likeness (QED) is 0.763. The lowest BCUT2D eigenvalue weighted by Gasteiger charge is -2.20. The molecule has 1 atom stereocenters. The van der Waals surface area contributed by atoms with Crippen LogP contribution in [0, 0.1) is 5.92 Å². The lowest BCUT2D eigenvalue weighted by Crippen LogP contribution is -2.15. The zero-order valence-corrected chi connectivity index (χ0v) is 7.99. The lowest BCUT2D eigenvalue weighted by atomic mass is 9.86. The van der Waals surface area contributed by atoms with Crippen LogP contribution in [0.5, 0.6) is 0 Å². The molecule has 1 unspecified atom stereocenters. The number of carbonyl (C=O) groups is 1. The summed E-state index contributed by atoms with van der Waals surface area (Å²) in [5.41, 5.74) is 2.36. The maximum Gasteiger partial charge on any atom is 0.303 e. The van der Waals surface area contributed by atoms with Crippen molar-refractivity contribution in [3.8, 4) is 0 Å². The number of aromatic amines is 1. The molecular weight excluding hydrogens is 180 g/mol. The third-order valence-corrected chi connectivity index (χ3v) is 2.86. The highest BCUT2D eigenvalue weighted by molar-refractivity contribution is 5.66. The summed E-state index contributed by atoms with van der Waals surface area (Å²) in [5.74, 6) is -0.181. The number of fused-ring (bicyclic) bond motifs is 1. The summed E-state index contributed by atoms with van der Waals surface area (Å²) < 4.78 is 0. The van der Waals surface area contributed by atoms with Crippen molar-refractivity contribution >= 4 is 5.97 Å². The summed E-state index contributed by atoms with van der Waals surface area (Å²) in [6, 6.07) is 0. The molecule has 0 saturated heterocycles. The van der Waals surface area contributed by atoms with Gasteiger partial charge in [0.05, 0.1) is 12.0 Å². The molecule has 1 aromatic heterocycles. The Morgan fingerprint density at radius 1 is 1.71 bits per heavy atom. The number of rotatable bonds is 3. The highest BCUT2D eigenvalue weighted by atomic mass is 16.4. The lowest BCUT2D eigenvalue weighted by molar-refractivity contribution is -0.137. The number of aryl methyl sites for hydroxylation is 1. The number of carboxylic acids is 1. The topological polar surface area (TPSA) is 66.0 Å². The number of carboxylic acid groups (broad SMARTS) is 1. The molecule has 2 rings (SSSR count). The number of imidazole rings is 1. The van der Waals surface area contributed by atoms with E-state index in [4.69, 9.17) is 5.11 Å². The van der Waals surface area contributed by atoms with E-state index in [1.54, 1.807) is 6.33 Å². The van der Waals surface area contributed by atoms with Gasteiger partial charge in [0.15, 0.2) is 0 Å². The van der Waals surface area contributed by atoms with Crippen molar-refractivity contribution < 1.29 is 9.90 Å². The maximum atomic E-state index is 10.4. The van der Waals surface area contributed by atoms with Crippen molar-refractivity contribution in [2.24, 2.45) is 5.92 Å². The van der Waals surface area contributed by atoms with Crippen LogP contribution in [-0.2, 0) is 17.6 Å². The van der Waals surface area contributed by atoms with Crippen LogP contribution in [0.15, 0.2) is 6.33 Å². The molecule has 76 valence electrons. The number of H-pyrrole nitrogens is 1. The van der Waals surface area contributed by atoms with Gasteiger partial charge >= 0.3 is 5.97 Å². The van der Waals surface area contributed by atoms with Crippen LogP contribution in [0.4, 0.5) is 0 Å². The summed E-state index contributed by atoms with van der Waals surface area (Å²) in [6.07, 6.45) is 5.82. The minimum Gasteiger partial charge on any atom is -0.481 e. The summed E-state index contributed by atoms with van der Waals surface area (Å²) in [5, 5.41) is 8.58. The Hall–Kier alpha value is -1.32. The number of nitrogens with zero attached hydrogens (tertiary/aromatic N) is 1. The molecule has 1 aromatic rings. The molecule has 1 aliphatic rings. The molecular formula is C10H14N2O2. The van der Waals surface area contributed by atoms with E-state index >= 15 is 0 Å². The maximum absolute atomic E-state index is 10.4. The van der Waals surface area contributed by atoms with E-state index in [1.165, 1.54) is 5.69 Å². The molecule has 0 spiro atoms. The molecule has 0 radical (unpaired) electrons. The molecule has 0 aromatic carbocycles. The van der Waals surface area contributed by atoms with Gasteiger partial charge in [0, 0.05) is 12.1 Å². The highest BCUT2D eigenvalue weighted by Gasteiger charge is 2.20. The first kappa shape index (κ1) is 9.24. The van der Waals surface area contributed by atoms with E-state index in [-0.39, 0.29) is 6.42 Å². The van der Waals surface area contributed by atoms with E-state index in [0.717, 1.165) is 31.4 Å². The van der Waals surface area contributed by atoms with Gasteiger partial charge in [-0.15, -0.1) is 0 Å². The van der Waals surface area contributed by atoms with E-state index in [1.807, 2.05) is 0 Å². The number of aliphatic carboxylic acids is 1. The van der Waals surface area contributed by atoms with E-state index in [9.17, 15) is 4.79 Å². The average molecular weight is 194 g/mol. The third kappa shape index (κ3) is 1.95. The first-order valence-electron chi connectivity index (χ1n) is 4.98. The fraction of sp³-hybridized carbons (Fsp3) is 0.600. The minimum absolute atomic E-state index is 0.286. The van der Waals surface area contributed by atoms with Gasteiger partial charge in [-0.05, 0) is 31.6 Å². The molecule has 0 amide bonds. The normalized spacial score (nSPS) is 20.4. The molecule has 0 saturated carbocycles. The minimum atomic E-state index is -0.694. The van der Waals surface area contributed by atoms with Gasteiger partial charge in [-0.2, -0.15) is 0 Å². The molecule has 0 fully saturated rings. The molecule has 2 N–H and O–H groups in total. The van der Waals surface area contributed by atoms with Crippen LogP contribution in [0.3, 0.4) is 0 Å². The monoisotopic (exact) mass is 194 g/mol. The first-order valence-corrected chi connectivity index (χ1v) is 4.98. The molecule has 0 bridgehead atoms. The smallest absolute Gasteiger partial charge is 0.303 e. The third-order valence-electron chi connectivity index (χ3n) is 2.86. The largest absolute Gasteiger partial charge is 0.481 e. The van der Waals surface area contributed by atoms with E-state index < -0.39 is 5.97 Å². The predicted octanol–water partition coefficient (Wildman–Crippen LogP) is 1.38. The number of hydrogen-bond acceptors (Lipinski definition) is 2. The molecule has 1 heterocycles. The van der Waals surface area contributed by atoms with Gasteiger partial charge in [-0.3, -0.25) is 4.79 Å². The Labute approximate surface area is 82.4 Å². The fourth-order valence-electron chi connectivity index (χ4n) is 2.05. The zero-order chi connectivity index (χ0) is 9.97. The Balaban J connectivity index is 1.91. The van der Waals surface area contributed by atoms with E-state index in [2.05, 4.69) is 9.97 Å². The van der Waals surface area contributed by atoms with Gasteiger partial charge < -0.3 is 10.1 Å². The summed E-state index contributed by atoms with van der Waals surface area (Å²) in [4.78, 5) is 17.7. The second kappa shape index (κ2) is 3.82. The molecule has 14 heavy (non-hydrogen) atoms. The van der Waals surface area contributed by atoms with Gasteiger partial charge in [0.25, 0.3) is 0 Å². The van der Waals surface area contributed by atoms with Crippen LogP contribution in [0.25, 0.3) is 0 Å². The molecule has 4 nitrogen and oxygen atoms in total. The van der Waals surface area contributed by atoms with Crippen LogP contribution in [-0.4, -0.2) is 21.0 Å². The van der Waals surface area contributed by atoms with Crippen molar-refractivity contribution in [1.82, 2.24) is 9.97 Å². The first-order chi connectivity index (χ1) is 6.75. The highest BCUT2D eigenvalue weighted by Crippen LogP contribution is 2.25. The van der Waals surface area contributed by atoms with Gasteiger partial charge in [0.2, 0.25) is 0 Å². The molecule has 0 aliphatic heterocycles. The Morgan fingerprint density at radius 3 is 3.36 bits per heavy atom. The Morgan fingerprint density at radius 2 is 2.57 bits per heavy atom. The zero-order valence-electron chi connectivity index (χ0n) is 7.99. The standard InChI is InChI=1S/C10H14N2O2/c13-10(14)4-2-7-1-3-8-9(5-7)12-6-11-8/h6-7H,1-5H2,(H,11,12)(H,13,14). The van der Waals surface area contributed by atoms with Crippen molar-refractivity contribution in [3.63, 3.8) is 0 Å². The summed E-state index contributed by atoms with van der Waals surface area (Å²) >= 11 is 0.